The molecule has 0 aliphatic rings. The molecule has 26 heavy (non-hydrogen) atoms. The van der Waals surface area contributed by atoms with Gasteiger partial charge >= 0.3 is 5.69 Å². The maximum absolute atomic E-state index is 11.9. The number of carbonyl (C=O) groups excluding carboxylic acids is 2. The molecule has 0 bridgehead atoms. The second kappa shape index (κ2) is 8.72. The highest BCUT2D eigenvalue weighted by atomic mass is 79.9. The highest BCUT2D eigenvalue weighted by Gasteiger charge is 2.13. The molecule has 0 aliphatic heterocycles. The summed E-state index contributed by atoms with van der Waals surface area (Å²) in [5.41, 5.74) is 2.42. The Bertz CT molecular complexity index is 885. The molecule has 0 aromatic heterocycles. The van der Waals surface area contributed by atoms with E-state index in [1.165, 1.54) is 12.3 Å². The Hall–Kier alpha value is -3.27. The maximum atomic E-state index is 11.9. The van der Waals surface area contributed by atoms with Crippen LogP contribution in [0.2, 0.25) is 0 Å². The number of rotatable bonds is 6. The molecule has 2 rings (SSSR count). The molecule has 0 saturated carbocycles. The maximum Gasteiger partial charge on any atom is 0.311 e. The van der Waals surface area contributed by atoms with Crippen molar-refractivity contribution in [3.8, 4) is 5.75 Å². The Morgan fingerprint density at radius 2 is 2.04 bits per heavy atom. The molecular formula is C16H13BrN4O5. The summed E-state index contributed by atoms with van der Waals surface area (Å²) in [6.45, 7) is -0.293. The van der Waals surface area contributed by atoms with E-state index in [9.17, 15) is 24.8 Å². The van der Waals surface area contributed by atoms with Crippen molar-refractivity contribution in [2.75, 3.05) is 6.54 Å². The van der Waals surface area contributed by atoms with Crippen LogP contribution in [0.3, 0.4) is 0 Å². The second-order valence-corrected chi connectivity index (χ2v) is 5.91. The van der Waals surface area contributed by atoms with Gasteiger partial charge in [-0.2, -0.15) is 5.10 Å². The SMILES string of the molecule is O=C(CNC(=O)c1cccc(Br)c1)N/N=C/c1ccc(O)c([N+](=O)[O-])c1. The zero-order valence-corrected chi connectivity index (χ0v) is 14.8. The molecule has 0 atom stereocenters. The number of nitrogens with zero attached hydrogens (tertiary/aromatic N) is 2. The van der Waals surface area contributed by atoms with E-state index in [1.807, 2.05) is 0 Å². The number of phenolic OH excluding ortho intramolecular Hbond substituents is 1. The van der Waals surface area contributed by atoms with E-state index in [-0.39, 0.29) is 6.54 Å². The Balaban J connectivity index is 1.87. The Labute approximate surface area is 156 Å². The summed E-state index contributed by atoms with van der Waals surface area (Å²) in [6, 6.07) is 10.3. The minimum Gasteiger partial charge on any atom is -0.502 e. The molecule has 0 fully saturated rings. The number of hydrogen-bond acceptors (Lipinski definition) is 6. The number of phenols is 1. The molecule has 2 aromatic rings. The molecule has 0 radical (unpaired) electrons. The predicted octanol–water partition coefficient (Wildman–Crippen LogP) is 1.94. The zero-order chi connectivity index (χ0) is 19.1. The molecule has 3 N–H and O–H groups in total. The van der Waals surface area contributed by atoms with Crippen LogP contribution in [0.5, 0.6) is 5.75 Å². The normalized spacial score (nSPS) is 10.5. The number of hydrazone groups is 1. The molecule has 0 heterocycles. The third-order valence-electron chi connectivity index (χ3n) is 3.10. The number of nitro groups is 1. The zero-order valence-electron chi connectivity index (χ0n) is 13.2. The quantitative estimate of drug-likeness (QED) is 0.372. The molecule has 9 nitrogen and oxygen atoms in total. The summed E-state index contributed by atoms with van der Waals surface area (Å²) >= 11 is 3.25. The Morgan fingerprint density at radius 3 is 2.73 bits per heavy atom. The van der Waals surface area contributed by atoms with Crippen LogP contribution in [0.25, 0.3) is 0 Å². The fraction of sp³-hybridized carbons (Fsp3) is 0.0625. The third kappa shape index (κ3) is 5.38. The molecule has 0 aliphatic carbocycles. The van der Waals surface area contributed by atoms with Gasteiger partial charge < -0.3 is 10.4 Å². The number of nitro benzene ring substituents is 1. The summed E-state index contributed by atoms with van der Waals surface area (Å²) in [7, 11) is 0. The number of amides is 2. The first-order chi connectivity index (χ1) is 12.4. The number of halogens is 1. The van der Waals surface area contributed by atoms with E-state index in [2.05, 4.69) is 31.8 Å². The van der Waals surface area contributed by atoms with Crippen LogP contribution < -0.4 is 10.7 Å². The largest absolute Gasteiger partial charge is 0.502 e. The average molecular weight is 421 g/mol. The van der Waals surface area contributed by atoms with Crippen LogP contribution in [0.15, 0.2) is 52.0 Å². The number of nitrogens with one attached hydrogen (secondary N) is 2. The Kier molecular flexibility index (Phi) is 6.39. The molecule has 134 valence electrons. The first-order valence-electron chi connectivity index (χ1n) is 7.20. The third-order valence-corrected chi connectivity index (χ3v) is 3.59. The van der Waals surface area contributed by atoms with Gasteiger partial charge in [0.2, 0.25) is 0 Å². The van der Waals surface area contributed by atoms with E-state index >= 15 is 0 Å². The molecule has 0 spiro atoms. The standard InChI is InChI=1S/C16H13BrN4O5/c17-12-3-1-2-11(7-12)16(24)18-9-15(23)20-19-8-10-4-5-14(22)13(6-10)21(25)26/h1-8,22H,9H2,(H,18,24)(H,20,23)/b19-8+. The molecule has 0 saturated heterocycles. The van der Waals surface area contributed by atoms with Crippen molar-refractivity contribution < 1.29 is 19.6 Å². The Morgan fingerprint density at radius 1 is 1.27 bits per heavy atom. The van der Waals surface area contributed by atoms with Crippen LogP contribution >= 0.6 is 15.9 Å². The average Bonchev–Trinajstić information content (AvgIpc) is 2.60. The lowest BCUT2D eigenvalue weighted by atomic mass is 10.2. The van der Waals surface area contributed by atoms with Crippen LogP contribution in [0.4, 0.5) is 5.69 Å². The van der Waals surface area contributed by atoms with Crippen LogP contribution in [0.1, 0.15) is 15.9 Å². The van der Waals surface area contributed by atoms with Crippen molar-refractivity contribution in [1.82, 2.24) is 10.7 Å². The van der Waals surface area contributed by atoms with E-state index in [4.69, 9.17) is 0 Å². The molecular weight excluding hydrogens is 408 g/mol. The van der Waals surface area contributed by atoms with Gasteiger partial charge in [-0.3, -0.25) is 19.7 Å². The predicted molar refractivity (Wildman–Crippen MR) is 97.0 cm³/mol. The number of hydrogen-bond donors (Lipinski definition) is 3. The van der Waals surface area contributed by atoms with Gasteiger partial charge in [0.25, 0.3) is 11.8 Å². The van der Waals surface area contributed by atoms with Gasteiger partial charge in [-0.05, 0) is 30.3 Å². The van der Waals surface area contributed by atoms with Gasteiger partial charge in [0.05, 0.1) is 17.7 Å². The lowest BCUT2D eigenvalue weighted by Gasteiger charge is -2.04. The van der Waals surface area contributed by atoms with Crippen molar-refractivity contribution in [2.45, 2.75) is 0 Å². The fourth-order valence-corrected chi connectivity index (χ4v) is 2.28. The van der Waals surface area contributed by atoms with Gasteiger partial charge in [-0.15, -0.1) is 0 Å². The van der Waals surface area contributed by atoms with Gasteiger partial charge in [-0.25, -0.2) is 5.43 Å². The van der Waals surface area contributed by atoms with Crippen molar-refractivity contribution in [1.29, 1.82) is 0 Å². The van der Waals surface area contributed by atoms with Gasteiger partial charge in [0, 0.05) is 21.7 Å². The van der Waals surface area contributed by atoms with Crippen molar-refractivity contribution in [3.63, 3.8) is 0 Å². The van der Waals surface area contributed by atoms with Gasteiger partial charge in [0.1, 0.15) is 0 Å². The van der Waals surface area contributed by atoms with E-state index < -0.39 is 28.2 Å². The molecule has 0 unspecified atom stereocenters. The summed E-state index contributed by atoms with van der Waals surface area (Å²) in [6.07, 6.45) is 1.18. The van der Waals surface area contributed by atoms with E-state index in [0.29, 0.717) is 11.1 Å². The van der Waals surface area contributed by atoms with Crippen LogP contribution in [0, 0.1) is 10.1 Å². The van der Waals surface area contributed by atoms with E-state index in [1.54, 1.807) is 24.3 Å². The number of carbonyl (C=O) groups is 2. The highest BCUT2D eigenvalue weighted by Crippen LogP contribution is 2.25. The first-order valence-corrected chi connectivity index (χ1v) is 7.99. The monoisotopic (exact) mass is 420 g/mol. The van der Waals surface area contributed by atoms with Crippen LogP contribution in [-0.4, -0.2) is 34.6 Å². The minimum atomic E-state index is -0.733. The smallest absolute Gasteiger partial charge is 0.311 e. The first kappa shape index (κ1) is 19.1. The highest BCUT2D eigenvalue weighted by molar-refractivity contribution is 9.10. The summed E-state index contributed by atoms with van der Waals surface area (Å²) in [4.78, 5) is 33.6. The summed E-state index contributed by atoms with van der Waals surface area (Å²) < 4.78 is 0.738. The molecule has 2 aromatic carbocycles. The van der Waals surface area contributed by atoms with Crippen molar-refractivity contribution in [3.05, 3.63) is 68.2 Å². The second-order valence-electron chi connectivity index (χ2n) is 4.99. The molecule has 2 amide bonds. The van der Waals surface area contributed by atoms with Crippen molar-refractivity contribution in [2.24, 2.45) is 5.10 Å². The van der Waals surface area contributed by atoms with Gasteiger partial charge in [0.15, 0.2) is 5.75 Å². The minimum absolute atomic E-state index is 0.293. The summed E-state index contributed by atoms with van der Waals surface area (Å²) in [5.74, 6) is -1.45. The number of aromatic hydroxyl groups is 1. The topological polar surface area (TPSA) is 134 Å². The lowest BCUT2D eigenvalue weighted by molar-refractivity contribution is -0.385. The lowest BCUT2D eigenvalue weighted by Crippen LogP contribution is -2.34. The molecule has 10 heteroatoms. The fourth-order valence-electron chi connectivity index (χ4n) is 1.88. The van der Waals surface area contributed by atoms with Crippen LogP contribution in [-0.2, 0) is 4.79 Å². The number of benzene rings is 2. The van der Waals surface area contributed by atoms with Gasteiger partial charge in [-0.1, -0.05) is 22.0 Å². The van der Waals surface area contributed by atoms with Crippen molar-refractivity contribution >= 4 is 39.6 Å². The summed E-state index contributed by atoms with van der Waals surface area (Å²) in [5, 5.41) is 26.2. The van der Waals surface area contributed by atoms with E-state index in [0.717, 1.165) is 16.6 Å².